The number of carbonyl (C=O) groups is 1. The second kappa shape index (κ2) is 5.68. The first-order valence-corrected chi connectivity index (χ1v) is 6.66. The maximum atomic E-state index is 12.1. The molecule has 1 amide bonds. The summed E-state index contributed by atoms with van der Waals surface area (Å²) in [5.41, 5.74) is 1.55. The molecule has 3 rings (SSSR count). The summed E-state index contributed by atoms with van der Waals surface area (Å²) in [6, 6.07) is 14.1. The summed E-state index contributed by atoms with van der Waals surface area (Å²) in [5, 5.41) is 3.50. The smallest absolute Gasteiger partial charge is 0.406 e. The highest BCUT2D eigenvalue weighted by molar-refractivity contribution is 6.05. The summed E-state index contributed by atoms with van der Waals surface area (Å²) in [7, 11) is 0. The molecule has 0 spiro atoms. The summed E-state index contributed by atoms with van der Waals surface area (Å²) < 4.78 is 40.0. The predicted molar refractivity (Wildman–Crippen MR) is 79.4 cm³/mol. The van der Waals surface area contributed by atoms with E-state index >= 15 is 0 Å². The minimum atomic E-state index is -4.74. The van der Waals surface area contributed by atoms with Crippen LogP contribution in [0.15, 0.2) is 54.6 Å². The average Bonchev–Trinajstić information content (AvgIpc) is 2.92. The Morgan fingerprint density at radius 1 is 1.04 bits per heavy atom. The number of nitrogens with one attached hydrogen (secondary N) is 2. The third kappa shape index (κ3) is 3.63. The van der Waals surface area contributed by atoms with Crippen molar-refractivity contribution < 1.29 is 22.7 Å². The number of H-pyrrole nitrogens is 1. The van der Waals surface area contributed by atoms with Gasteiger partial charge in [0.05, 0.1) is 0 Å². The van der Waals surface area contributed by atoms with Crippen molar-refractivity contribution in [1.82, 2.24) is 4.98 Å². The van der Waals surface area contributed by atoms with E-state index in [1.165, 1.54) is 12.1 Å². The lowest BCUT2D eigenvalue weighted by molar-refractivity contribution is -0.274. The summed E-state index contributed by atoms with van der Waals surface area (Å²) >= 11 is 0. The second-order valence-corrected chi connectivity index (χ2v) is 4.80. The molecule has 3 aromatic rings. The van der Waals surface area contributed by atoms with Gasteiger partial charge in [-0.1, -0.05) is 18.2 Å². The number of para-hydroxylation sites is 1. The van der Waals surface area contributed by atoms with Crippen molar-refractivity contribution in [2.24, 2.45) is 0 Å². The highest BCUT2D eigenvalue weighted by atomic mass is 19.4. The second-order valence-electron chi connectivity index (χ2n) is 4.80. The zero-order valence-electron chi connectivity index (χ0n) is 11.6. The van der Waals surface area contributed by atoms with Crippen LogP contribution in [0.3, 0.4) is 0 Å². The average molecular weight is 320 g/mol. The van der Waals surface area contributed by atoms with E-state index in [-0.39, 0.29) is 11.7 Å². The molecule has 1 aromatic heterocycles. The summed E-state index contributed by atoms with van der Waals surface area (Å²) in [4.78, 5) is 15.1. The van der Waals surface area contributed by atoms with E-state index < -0.39 is 6.36 Å². The van der Waals surface area contributed by atoms with E-state index in [1.807, 2.05) is 24.3 Å². The molecular formula is C16H11F3N2O2. The van der Waals surface area contributed by atoms with Gasteiger partial charge in [0.1, 0.15) is 11.4 Å². The van der Waals surface area contributed by atoms with Crippen molar-refractivity contribution >= 4 is 22.5 Å². The molecule has 0 aliphatic heterocycles. The zero-order valence-corrected chi connectivity index (χ0v) is 11.6. The molecule has 0 unspecified atom stereocenters. The fourth-order valence-corrected chi connectivity index (χ4v) is 2.13. The van der Waals surface area contributed by atoms with Gasteiger partial charge in [-0.2, -0.15) is 0 Å². The highest BCUT2D eigenvalue weighted by Gasteiger charge is 2.30. The van der Waals surface area contributed by atoms with E-state index in [0.29, 0.717) is 11.4 Å². The molecule has 1 heterocycles. The first kappa shape index (κ1) is 15.0. The molecule has 0 fully saturated rings. The van der Waals surface area contributed by atoms with Gasteiger partial charge in [0.15, 0.2) is 0 Å². The van der Waals surface area contributed by atoms with Crippen LogP contribution in [0.4, 0.5) is 18.9 Å². The predicted octanol–water partition coefficient (Wildman–Crippen LogP) is 4.32. The number of hydrogen-bond donors (Lipinski definition) is 2. The molecule has 2 aromatic carbocycles. The van der Waals surface area contributed by atoms with Crippen LogP contribution in [-0.4, -0.2) is 17.3 Å². The Hall–Kier alpha value is -2.96. The van der Waals surface area contributed by atoms with Crippen molar-refractivity contribution in [1.29, 1.82) is 0 Å². The van der Waals surface area contributed by atoms with Gasteiger partial charge in [-0.25, -0.2) is 0 Å². The Kier molecular flexibility index (Phi) is 3.69. The molecule has 0 saturated carbocycles. The Bertz CT molecular complexity index is 805. The number of benzene rings is 2. The normalized spacial score (nSPS) is 11.4. The molecule has 4 nitrogen and oxygen atoms in total. The first-order chi connectivity index (χ1) is 10.9. The third-order valence-electron chi connectivity index (χ3n) is 3.12. The minimum absolute atomic E-state index is 0.346. The highest BCUT2D eigenvalue weighted by Crippen LogP contribution is 2.24. The molecule has 23 heavy (non-hydrogen) atoms. The number of rotatable bonds is 3. The van der Waals surface area contributed by atoms with Crippen LogP contribution in [-0.2, 0) is 0 Å². The molecule has 118 valence electrons. The van der Waals surface area contributed by atoms with Gasteiger partial charge in [-0.05, 0) is 36.4 Å². The number of aromatic amines is 1. The molecule has 0 aliphatic carbocycles. The number of amides is 1. The van der Waals surface area contributed by atoms with E-state index in [0.717, 1.165) is 23.0 Å². The fourth-order valence-electron chi connectivity index (χ4n) is 2.13. The molecular weight excluding hydrogens is 309 g/mol. The van der Waals surface area contributed by atoms with Gasteiger partial charge >= 0.3 is 6.36 Å². The standard InChI is InChI=1S/C16H11F3N2O2/c17-16(18,19)23-12-7-5-11(6-8-12)20-15(22)14-9-10-3-1-2-4-13(10)21-14/h1-9,21H,(H,20,22). The van der Waals surface area contributed by atoms with Gasteiger partial charge in [-0.15, -0.1) is 13.2 Å². The third-order valence-corrected chi connectivity index (χ3v) is 3.12. The Morgan fingerprint density at radius 2 is 1.74 bits per heavy atom. The fraction of sp³-hybridized carbons (Fsp3) is 0.0625. The minimum Gasteiger partial charge on any atom is -0.406 e. The summed E-state index contributed by atoms with van der Waals surface area (Å²) in [6.45, 7) is 0. The van der Waals surface area contributed by atoms with E-state index in [1.54, 1.807) is 6.07 Å². The molecule has 7 heteroatoms. The topological polar surface area (TPSA) is 54.1 Å². The van der Waals surface area contributed by atoms with Crippen molar-refractivity contribution in [3.8, 4) is 5.75 Å². The Balaban J connectivity index is 1.72. The van der Waals surface area contributed by atoms with Crippen LogP contribution in [0.1, 0.15) is 10.5 Å². The number of alkyl halides is 3. The van der Waals surface area contributed by atoms with Gasteiger partial charge in [0.2, 0.25) is 0 Å². The van der Waals surface area contributed by atoms with E-state index in [2.05, 4.69) is 15.0 Å². The van der Waals surface area contributed by atoms with Crippen molar-refractivity contribution in [2.75, 3.05) is 5.32 Å². The van der Waals surface area contributed by atoms with E-state index in [4.69, 9.17) is 0 Å². The summed E-state index contributed by atoms with van der Waals surface area (Å²) in [5.74, 6) is -0.730. The van der Waals surface area contributed by atoms with Crippen LogP contribution in [0.25, 0.3) is 10.9 Å². The van der Waals surface area contributed by atoms with Crippen LogP contribution in [0.2, 0.25) is 0 Å². The number of carbonyl (C=O) groups excluding carboxylic acids is 1. The van der Waals surface area contributed by atoms with E-state index in [9.17, 15) is 18.0 Å². The first-order valence-electron chi connectivity index (χ1n) is 6.66. The number of hydrogen-bond acceptors (Lipinski definition) is 2. The quantitative estimate of drug-likeness (QED) is 0.755. The van der Waals surface area contributed by atoms with Crippen LogP contribution >= 0.6 is 0 Å². The van der Waals surface area contributed by atoms with Crippen LogP contribution in [0, 0.1) is 0 Å². The lowest BCUT2D eigenvalue weighted by Gasteiger charge is -2.09. The van der Waals surface area contributed by atoms with Crippen LogP contribution in [0.5, 0.6) is 5.75 Å². The molecule has 0 saturated heterocycles. The zero-order chi connectivity index (χ0) is 16.4. The number of ether oxygens (including phenoxy) is 1. The SMILES string of the molecule is O=C(Nc1ccc(OC(F)(F)F)cc1)c1cc2ccccc2[nH]1. The summed E-state index contributed by atoms with van der Waals surface area (Å²) in [6.07, 6.45) is -4.74. The van der Waals surface area contributed by atoms with Gasteiger partial charge < -0.3 is 15.0 Å². The van der Waals surface area contributed by atoms with Gasteiger partial charge in [0.25, 0.3) is 5.91 Å². The number of fused-ring (bicyclic) bond motifs is 1. The Labute approximate surface area is 128 Å². The molecule has 0 bridgehead atoms. The number of aromatic nitrogens is 1. The number of halogens is 3. The monoisotopic (exact) mass is 320 g/mol. The van der Waals surface area contributed by atoms with Crippen molar-refractivity contribution in [3.05, 3.63) is 60.3 Å². The number of anilines is 1. The lowest BCUT2D eigenvalue weighted by atomic mass is 10.2. The molecule has 2 N–H and O–H groups in total. The molecule has 0 radical (unpaired) electrons. The van der Waals surface area contributed by atoms with Crippen LogP contribution < -0.4 is 10.1 Å². The Morgan fingerprint density at radius 3 is 2.39 bits per heavy atom. The van der Waals surface area contributed by atoms with Gasteiger partial charge in [0, 0.05) is 16.6 Å². The van der Waals surface area contributed by atoms with Gasteiger partial charge in [-0.3, -0.25) is 4.79 Å². The van der Waals surface area contributed by atoms with Crippen molar-refractivity contribution in [2.45, 2.75) is 6.36 Å². The lowest BCUT2D eigenvalue weighted by Crippen LogP contribution is -2.17. The van der Waals surface area contributed by atoms with Crippen molar-refractivity contribution in [3.63, 3.8) is 0 Å². The molecule has 0 aliphatic rings. The largest absolute Gasteiger partial charge is 0.573 e. The molecule has 0 atom stereocenters. The maximum absolute atomic E-state index is 12.1. The maximum Gasteiger partial charge on any atom is 0.573 e.